The maximum absolute atomic E-state index is 12.8. The van der Waals surface area contributed by atoms with Gasteiger partial charge in [-0.2, -0.15) is 0 Å². The summed E-state index contributed by atoms with van der Waals surface area (Å²) in [6, 6.07) is 19.6. The Morgan fingerprint density at radius 1 is 0.659 bits per heavy atom. The molecule has 2 N–H and O–H groups in total. The molecule has 0 spiro atoms. The van der Waals surface area contributed by atoms with Gasteiger partial charge in [0.1, 0.15) is 5.52 Å². The monoisotopic (exact) mass is 595 g/mol. The molecule has 0 saturated heterocycles. The second kappa shape index (κ2) is 10.3. The van der Waals surface area contributed by atoms with E-state index in [0.29, 0.717) is 16.7 Å². The topological polar surface area (TPSA) is 205 Å². The number of oxazole rings is 1. The van der Waals surface area contributed by atoms with Gasteiger partial charge in [0.05, 0.1) is 25.3 Å². The average molecular weight is 596 g/mol. The maximum Gasteiger partial charge on any atom is 0.270 e. The van der Waals surface area contributed by atoms with Crippen LogP contribution in [0.15, 0.2) is 105 Å². The number of non-ortho nitro benzene ring substituents is 2. The van der Waals surface area contributed by atoms with Crippen molar-refractivity contribution in [3.63, 3.8) is 0 Å². The third-order valence-electron chi connectivity index (χ3n) is 5.70. The van der Waals surface area contributed by atoms with Crippen molar-refractivity contribution in [1.82, 2.24) is 4.98 Å². The molecular formula is C25H17N5O9S2. The van der Waals surface area contributed by atoms with E-state index in [1.54, 1.807) is 12.1 Å². The molecule has 0 unspecified atom stereocenters. The second-order valence-electron chi connectivity index (χ2n) is 8.50. The highest BCUT2D eigenvalue weighted by Gasteiger charge is 2.20. The van der Waals surface area contributed by atoms with Crippen LogP contribution in [0.3, 0.4) is 0 Å². The second-order valence-corrected chi connectivity index (χ2v) is 11.9. The molecule has 5 aromatic rings. The Morgan fingerprint density at radius 2 is 1.17 bits per heavy atom. The Hall–Kier alpha value is -5.35. The van der Waals surface area contributed by atoms with E-state index in [1.807, 2.05) is 0 Å². The first-order valence-corrected chi connectivity index (χ1v) is 14.4. The SMILES string of the molecule is O=[N+]([O-])c1cccc(S(=O)(=O)Nc2ccc(-c3nc4cc(NS(=O)(=O)c5cccc([N+](=O)[O-])c5)ccc4o3)cc2)c1. The lowest BCUT2D eigenvalue weighted by molar-refractivity contribution is -0.385. The number of nitro benzene ring substituents is 2. The molecule has 5 rings (SSSR count). The molecule has 0 atom stereocenters. The Kier molecular flexibility index (Phi) is 6.85. The van der Waals surface area contributed by atoms with Crippen LogP contribution in [0.1, 0.15) is 0 Å². The molecule has 0 fully saturated rings. The minimum Gasteiger partial charge on any atom is -0.436 e. The zero-order chi connectivity index (χ0) is 29.4. The number of benzene rings is 4. The number of rotatable bonds is 9. The summed E-state index contributed by atoms with van der Waals surface area (Å²) in [6.45, 7) is 0. The van der Waals surface area contributed by atoms with Gasteiger partial charge >= 0.3 is 0 Å². The van der Waals surface area contributed by atoms with Crippen LogP contribution in [0.4, 0.5) is 22.7 Å². The lowest BCUT2D eigenvalue weighted by Crippen LogP contribution is -2.13. The third-order valence-corrected chi connectivity index (χ3v) is 8.46. The standard InChI is InChI=1S/C25H17N5O9S2/c31-29(32)19-3-1-5-21(14-19)40(35,36)27-17-9-7-16(8-10-17)25-26-23-13-18(11-12-24(23)39-25)28-41(37,38)22-6-2-4-20(15-22)30(33)34/h1-15,27-28H. The molecule has 4 aromatic carbocycles. The van der Waals surface area contributed by atoms with E-state index in [9.17, 15) is 37.1 Å². The number of sulfonamides is 2. The van der Waals surface area contributed by atoms with Crippen LogP contribution in [0.25, 0.3) is 22.6 Å². The minimum absolute atomic E-state index is 0.148. The van der Waals surface area contributed by atoms with Gasteiger partial charge in [-0.3, -0.25) is 29.7 Å². The quantitative estimate of drug-likeness (QED) is 0.174. The molecule has 0 amide bonds. The highest BCUT2D eigenvalue weighted by Crippen LogP contribution is 2.29. The van der Waals surface area contributed by atoms with Gasteiger partial charge in [-0.05, 0) is 54.6 Å². The van der Waals surface area contributed by atoms with Gasteiger partial charge in [0.2, 0.25) is 5.89 Å². The first kappa shape index (κ1) is 27.2. The van der Waals surface area contributed by atoms with Gasteiger partial charge in [-0.15, -0.1) is 0 Å². The molecule has 1 heterocycles. The molecule has 16 heteroatoms. The zero-order valence-electron chi connectivity index (χ0n) is 20.5. The summed E-state index contributed by atoms with van der Waals surface area (Å²) < 4.78 is 61.3. The summed E-state index contributed by atoms with van der Waals surface area (Å²) in [5.74, 6) is 0.173. The van der Waals surface area contributed by atoms with Crippen molar-refractivity contribution in [3.8, 4) is 11.5 Å². The largest absolute Gasteiger partial charge is 0.436 e. The Bertz CT molecular complexity index is 2040. The van der Waals surface area contributed by atoms with Crippen LogP contribution in [-0.4, -0.2) is 31.7 Å². The summed E-state index contributed by atoms with van der Waals surface area (Å²) in [5.41, 5.74) is 0.747. The molecule has 0 aliphatic rings. The Balaban J connectivity index is 1.34. The Labute approximate surface area is 231 Å². The van der Waals surface area contributed by atoms with Crippen molar-refractivity contribution in [3.05, 3.63) is 111 Å². The van der Waals surface area contributed by atoms with Crippen molar-refractivity contribution in [1.29, 1.82) is 0 Å². The van der Waals surface area contributed by atoms with Gasteiger partial charge in [-0.1, -0.05) is 12.1 Å². The van der Waals surface area contributed by atoms with E-state index in [4.69, 9.17) is 4.42 Å². The Morgan fingerprint density at radius 3 is 1.71 bits per heavy atom. The summed E-state index contributed by atoms with van der Waals surface area (Å²) in [6.07, 6.45) is 0. The number of nitro groups is 2. The molecule has 208 valence electrons. The lowest BCUT2D eigenvalue weighted by atomic mass is 10.2. The zero-order valence-corrected chi connectivity index (χ0v) is 22.1. The van der Waals surface area contributed by atoms with E-state index in [0.717, 1.165) is 12.1 Å². The smallest absolute Gasteiger partial charge is 0.270 e. The molecule has 0 aliphatic carbocycles. The molecular weight excluding hydrogens is 578 g/mol. The summed E-state index contributed by atoms with van der Waals surface area (Å²) in [5, 5.41) is 22.0. The third kappa shape index (κ3) is 5.82. The van der Waals surface area contributed by atoms with Crippen molar-refractivity contribution >= 4 is 53.9 Å². The van der Waals surface area contributed by atoms with Crippen LogP contribution >= 0.6 is 0 Å². The van der Waals surface area contributed by atoms with Gasteiger partial charge in [-0.25, -0.2) is 21.8 Å². The number of nitrogens with zero attached hydrogens (tertiary/aromatic N) is 3. The predicted molar refractivity (Wildman–Crippen MR) is 147 cm³/mol. The van der Waals surface area contributed by atoms with E-state index in [2.05, 4.69) is 14.4 Å². The number of fused-ring (bicyclic) bond motifs is 1. The summed E-state index contributed by atoms with van der Waals surface area (Å²) >= 11 is 0. The lowest BCUT2D eigenvalue weighted by Gasteiger charge is -2.08. The first-order chi connectivity index (χ1) is 19.4. The van der Waals surface area contributed by atoms with Gasteiger partial charge in [0, 0.05) is 35.5 Å². The normalized spacial score (nSPS) is 11.7. The summed E-state index contributed by atoms with van der Waals surface area (Å²) in [7, 11) is -8.23. The fourth-order valence-electron chi connectivity index (χ4n) is 3.75. The predicted octanol–water partition coefficient (Wildman–Crippen LogP) is 4.91. The van der Waals surface area contributed by atoms with Crippen molar-refractivity contribution in [2.24, 2.45) is 0 Å². The van der Waals surface area contributed by atoms with E-state index in [1.165, 1.54) is 66.7 Å². The number of aromatic nitrogens is 1. The van der Waals surface area contributed by atoms with Crippen LogP contribution in [0.2, 0.25) is 0 Å². The van der Waals surface area contributed by atoms with Gasteiger partial charge in [0.15, 0.2) is 5.58 Å². The van der Waals surface area contributed by atoms with Crippen molar-refractivity contribution in [2.45, 2.75) is 9.79 Å². The van der Waals surface area contributed by atoms with Crippen LogP contribution in [-0.2, 0) is 20.0 Å². The van der Waals surface area contributed by atoms with E-state index >= 15 is 0 Å². The number of anilines is 2. The van der Waals surface area contributed by atoms with Crippen molar-refractivity contribution < 1.29 is 31.1 Å². The molecule has 1 aromatic heterocycles. The highest BCUT2D eigenvalue weighted by molar-refractivity contribution is 7.93. The average Bonchev–Trinajstić information content (AvgIpc) is 3.36. The molecule has 0 bridgehead atoms. The van der Waals surface area contributed by atoms with Crippen LogP contribution < -0.4 is 9.44 Å². The number of hydrogen-bond acceptors (Lipinski definition) is 10. The molecule has 0 radical (unpaired) electrons. The van der Waals surface area contributed by atoms with E-state index in [-0.39, 0.29) is 38.4 Å². The molecule has 41 heavy (non-hydrogen) atoms. The van der Waals surface area contributed by atoms with Crippen molar-refractivity contribution in [2.75, 3.05) is 9.44 Å². The molecule has 0 saturated carbocycles. The van der Waals surface area contributed by atoms with Gasteiger partial charge in [0.25, 0.3) is 31.4 Å². The van der Waals surface area contributed by atoms with Gasteiger partial charge < -0.3 is 4.42 Å². The fourth-order valence-corrected chi connectivity index (χ4v) is 5.94. The maximum atomic E-state index is 12.8. The highest BCUT2D eigenvalue weighted by atomic mass is 32.2. The number of nitrogens with one attached hydrogen (secondary N) is 2. The van der Waals surface area contributed by atoms with Crippen LogP contribution in [0, 0.1) is 20.2 Å². The fraction of sp³-hybridized carbons (Fsp3) is 0. The van der Waals surface area contributed by atoms with E-state index < -0.39 is 29.9 Å². The van der Waals surface area contributed by atoms with Crippen LogP contribution in [0.5, 0.6) is 0 Å². The minimum atomic E-state index is -4.13. The number of hydrogen-bond donors (Lipinski definition) is 2. The molecule has 0 aliphatic heterocycles. The summed E-state index contributed by atoms with van der Waals surface area (Å²) in [4.78, 5) is 24.4. The molecule has 14 nitrogen and oxygen atoms in total. The first-order valence-electron chi connectivity index (χ1n) is 11.5.